The molecule has 0 aromatic rings. The first-order chi connectivity index (χ1) is 20.3. The van der Waals surface area contributed by atoms with E-state index in [1.54, 1.807) is 0 Å². The van der Waals surface area contributed by atoms with Gasteiger partial charge in [-0.05, 0) is 131 Å². The lowest BCUT2D eigenvalue weighted by Gasteiger charge is -2.61. The average molecular weight is 583 g/mol. The van der Waals surface area contributed by atoms with Crippen molar-refractivity contribution in [1.82, 2.24) is 0 Å². The lowest BCUT2D eigenvalue weighted by Crippen LogP contribution is -2.54. The maximum Gasteiger partial charge on any atom is 0.306 e. The van der Waals surface area contributed by atoms with Gasteiger partial charge in [-0.1, -0.05) is 84.3 Å². The Labute approximate surface area is 259 Å². The van der Waals surface area contributed by atoms with E-state index in [1.807, 2.05) is 6.92 Å². The Morgan fingerprint density at radius 1 is 0.714 bits per heavy atom. The molecule has 8 atom stereocenters. The minimum absolute atomic E-state index is 0.0459. The topological polar surface area (TPSA) is 43.4 Å². The van der Waals surface area contributed by atoms with E-state index in [0.29, 0.717) is 29.5 Å². The summed E-state index contributed by atoms with van der Waals surface area (Å²) in [6, 6.07) is 0. The zero-order valence-electron chi connectivity index (χ0n) is 28.1. The van der Waals surface area contributed by atoms with Crippen LogP contribution in [0.5, 0.6) is 0 Å². The van der Waals surface area contributed by atoms with Crippen LogP contribution in [-0.2, 0) is 14.3 Å². The monoisotopic (exact) mass is 583 g/mol. The molecule has 0 spiro atoms. The third-order valence-electron chi connectivity index (χ3n) is 13.0. The molecule has 3 nitrogen and oxygen atoms in total. The Bertz CT molecular complexity index is 877. The summed E-state index contributed by atoms with van der Waals surface area (Å²) in [4.78, 5) is 25.1. The molecule has 3 unspecified atom stereocenters. The Kier molecular flexibility index (Phi) is 13.1. The summed E-state index contributed by atoms with van der Waals surface area (Å²) in [7, 11) is 0. The minimum atomic E-state index is 0.0459. The number of fused-ring (bicyclic) bond motifs is 5. The van der Waals surface area contributed by atoms with Crippen LogP contribution < -0.4 is 0 Å². The van der Waals surface area contributed by atoms with Crippen LogP contribution in [-0.4, -0.2) is 17.9 Å². The smallest absolute Gasteiger partial charge is 0.306 e. The number of carbonyl (C=O) groups is 2. The number of esters is 1. The van der Waals surface area contributed by atoms with Crippen LogP contribution >= 0.6 is 0 Å². The van der Waals surface area contributed by atoms with Gasteiger partial charge in [0.05, 0.1) is 0 Å². The van der Waals surface area contributed by atoms with Crippen molar-refractivity contribution in [3.05, 3.63) is 12.2 Å². The standard InChI is InChI=1S/C39H66O3/c1-5-6-7-8-9-10-11-12-13-14-15-16-17-18-19-20-37(41)42-32-25-27-38(3)31(29-32)21-22-33-35-24-23-34(30(2)40)39(35,4)28-26-36(33)38/h12-13,31-36H,5-11,14-29H2,1-4H3/b13-12-/t31-,32+,33?,34+,35?,36?,38-,39+/m0/s1. The first-order valence-electron chi connectivity index (χ1n) is 18.6. The molecule has 240 valence electrons. The number of ether oxygens (including phenoxy) is 1. The molecule has 0 amide bonds. The number of unbranched alkanes of at least 4 members (excludes halogenated alkanes) is 11. The fourth-order valence-electron chi connectivity index (χ4n) is 10.6. The molecular formula is C39H66O3. The number of hydrogen-bond acceptors (Lipinski definition) is 3. The molecule has 0 bridgehead atoms. The average Bonchev–Trinajstić information content (AvgIpc) is 3.33. The van der Waals surface area contributed by atoms with E-state index >= 15 is 0 Å². The molecule has 4 rings (SSSR count). The number of carbonyl (C=O) groups excluding carboxylic acids is 2. The normalized spacial score (nSPS) is 35.9. The van der Waals surface area contributed by atoms with Crippen LogP contribution in [0.2, 0.25) is 0 Å². The van der Waals surface area contributed by atoms with Crippen molar-refractivity contribution in [3.8, 4) is 0 Å². The SMILES string of the molecule is CCCCCCCC/C=C\CCCCCCCC(=O)O[C@@H]1CC[C@]2(C)C3CC[C@@]4(C)C(CC[C@@H]4C(C)=O)C3CC[C@H]2C1. The summed E-state index contributed by atoms with van der Waals surface area (Å²) in [6.07, 6.45) is 33.0. The van der Waals surface area contributed by atoms with Crippen molar-refractivity contribution in [1.29, 1.82) is 0 Å². The van der Waals surface area contributed by atoms with Gasteiger partial charge >= 0.3 is 5.97 Å². The predicted molar refractivity (Wildman–Crippen MR) is 175 cm³/mol. The van der Waals surface area contributed by atoms with E-state index in [0.717, 1.165) is 49.9 Å². The van der Waals surface area contributed by atoms with Crippen LogP contribution in [0.25, 0.3) is 0 Å². The molecule has 0 radical (unpaired) electrons. The van der Waals surface area contributed by atoms with E-state index < -0.39 is 0 Å². The van der Waals surface area contributed by atoms with E-state index in [2.05, 4.69) is 32.9 Å². The Hall–Kier alpha value is -1.12. The zero-order valence-corrected chi connectivity index (χ0v) is 28.1. The highest BCUT2D eigenvalue weighted by molar-refractivity contribution is 5.79. The molecule has 0 heterocycles. The maximum absolute atomic E-state index is 12.7. The first kappa shape index (κ1) is 33.8. The van der Waals surface area contributed by atoms with E-state index in [1.165, 1.54) is 109 Å². The third-order valence-corrected chi connectivity index (χ3v) is 13.0. The second-order valence-corrected chi connectivity index (χ2v) is 15.7. The molecule has 4 aliphatic rings. The van der Waals surface area contributed by atoms with Gasteiger partial charge in [-0.15, -0.1) is 0 Å². The molecule has 4 aliphatic carbocycles. The van der Waals surface area contributed by atoms with Gasteiger partial charge in [-0.2, -0.15) is 0 Å². The van der Waals surface area contributed by atoms with Crippen LogP contribution in [0.15, 0.2) is 12.2 Å². The molecule has 3 heteroatoms. The quantitative estimate of drug-likeness (QED) is 0.0973. The second kappa shape index (κ2) is 16.3. The summed E-state index contributed by atoms with van der Waals surface area (Å²) < 4.78 is 6.08. The molecule has 4 saturated carbocycles. The van der Waals surface area contributed by atoms with Crippen molar-refractivity contribution < 1.29 is 14.3 Å². The van der Waals surface area contributed by atoms with Crippen molar-refractivity contribution in [2.24, 2.45) is 40.4 Å². The Morgan fingerprint density at radius 2 is 1.33 bits per heavy atom. The lowest BCUT2D eigenvalue weighted by molar-refractivity contribution is -0.163. The van der Waals surface area contributed by atoms with E-state index in [-0.39, 0.29) is 17.5 Å². The fraction of sp³-hybridized carbons (Fsp3) is 0.897. The van der Waals surface area contributed by atoms with Gasteiger partial charge in [0.1, 0.15) is 11.9 Å². The van der Waals surface area contributed by atoms with Crippen LogP contribution in [0.3, 0.4) is 0 Å². The van der Waals surface area contributed by atoms with Crippen molar-refractivity contribution >= 4 is 11.8 Å². The summed E-state index contributed by atoms with van der Waals surface area (Å²) in [5, 5.41) is 0. The van der Waals surface area contributed by atoms with Gasteiger partial charge in [0.25, 0.3) is 0 Å². The summed E-state index contributed by atoms with van der Waals surface area (Å²) in [6.45, 7) is 9.15. The summed E-state index contributed by atoms with van der Waals surface area (Å²) in [5.41, 5.74) is 0.637. The Balaban J connectivity index is 1.07. The zero-order chi connectivity index (χ0) is 30.0. The highest BCUT2D eigenvalue weighted by atomic mass is 16.5. The van der Waals surface area contributed by atoms with Crippen molar-refractivity contribution in [3.63, 3.8) is 0 Å². The molecule has 0 aromatic heterocycles. The molecule has 0 aromatic carbocycles. The largest absolute Gasteiger partial charge is 0.462 e. The highest BCUT2D eigenvalue weighted by Gasteiger charge is 2.60. The predicted octanol–water partition coefficient (Wildman–Crippen LogP) is 11.2. The maximum atomic E-state index is 12.7. The lowest BCUT2D eigenvalue weighted by atomic mass is 9.44. The number of ketones is 1. The van der Waals surface area contributed by atoms with Gasteiger partial charge in [0.15, 0.2) is 0 Å². The fourth-order valence-corrected chi connectivity index (χ4v) is 10.6. The van der Waals surface area contributed by atoms with Crippen LogP contribution in [0.4, 0.5) is 0 Å². The molecule has 4 fully saturated rings. The van der Waals surface area contributed by atoms with Crippen molar-refractivity contribution in [2.45, 2.75) is 181 Å². The first-order valence-corrected chi connectivity index (χ1v) is 18.6. The number of Topliss-reactive ketones (excluding diaryl/α,β-unsaturated/α-hetero) is 1. The molecule has 42 heavy (non-hydrogen) atoms. The molecule has 0 N–H and O–H groups in total. The van der Waals surface area contributed by atoms with Gasteiger partial charge in [0.2, 0.25) is 0 Å². The molecular weight excluding hydrogens is 516 g/mol. The third kappa shape index (κ3) is 8.32. The number of hydrogen-bond donors (Lipinski definition) is 0. The number of allylic oxidation sites excluding steroid dienone is 2. The van der Waals surface area contributed by atoms with Crippen molar-refractivity contribution in [2.75, 3.05) is 0 Å². The minimum Gasteiger partial charge on any atom is -0.462 e. The molecule has 0 saturated heterocycles. The van der Waals surface area contributed by atoms with Gasteiger partial charge in [0, 0.05) is 12.3 Å². The highest BCUT2D eigenvalue weighted by Crippen LogP contribution is 2.67. The number of rotatable bonds is 17. The van der Waals surface area contributed by atoms with Gasteiger partial charge in [-0.25, -0.2) is 0 Å². The van der Waals surface area contributed by atoms with Gasteiger partial charge in [-0.3, -0.25) is 9.59 Å². The molecule has 0 aliphatic heterocycles. The van der Waals surface area contributed by atoms with Crippen LogP contribution in [0, 0.1) is 40.4 Å². The van der Waals surface area contributed by atoms with E-state index in [4.69, 9.17) is 4.74 Å². The Morgan fingerprint density at radius 3 is 2.02 bits per heavy atom. The summed E-state index contributed by atoms with van der Waals surface area (Å²) >= 11 is 0. The van der Waals surface area contributed by atoms with E-state index in [9.17, 15) is 9.59 Å². The second-order valence-electron chi connectivity index (χ2n) is 15.7. The summed E-state index contributed by atoms with van der Waals surface area (Å²) in [5.74, 6) is 3.81. The van der Waals surface area contributed by atoms with Crippen LogP contribution in [0.1, 0.15) is 175 Å². The van der Waals surface area contributed by atoms with Gasteiger partial charge < -0.3 is 4.74 Å².